The Kier molecular flexibility index (Phi) is 8.39. The van der Waals surface area contributed by atoms with Crippen LogP contribution in [0, 0.1) is 0 Å². The smallest absolute Gasteiger partial charge is 0.224 e. The largest absolute Gasteiger partial charge is 0.383 e. The monoisotopic (exact) mass is 286 g/mol. The molecule has 5 heteroatoms. The Morgan fingerprint density at radius 1 is 1.37 bits per heavy atom. The van der Waals surface area contributed by atoms with E-state index in [1.807, 2.05) is 37.3 Å². The molecule has 0 saturated heterocycles. The Morgan fingerprint density at radius 2 is 1.95 bits per heavy atom. The van der Waals surface area contributed by atoms with Crippen molar-refractivity contribution >= 4 is 18.3 Å². The molecule has 0 radical (unpaired) electrons. The van der Waals surface area contributed by atoms with Crippen LogP contribution in [-0.2, 0) is 9.53 Å². The molecular formula is C14H23ClN2O2. The number of rotatable bonds is 6. The number of carbonyl (C=O) groups excluding carboxylic acids is 1. The van der Waals surface area contributed by atoms with Crippen LogP contribution in [0.5, 0.6) is 0 Å². The summed E-state index contributed by atoms with van der Waals surface area (Å²) >= 11 is 0. The maximum Gasteiger partial charge on any atom is 0.224 e. The van der Waals surface area contributed by atoms with Gasteiger partial charge in [0.2, 0.25) is 5.91 Å². The van der Waals surface area contributed by atoms with E-state index in [0.717, 1.165) is 5.56 Å². The number of hydrogen-bond acceptors (Lipinski definition) is 3. The third-order valence-electron chi connectivity index (χ3n) is 3.08. The van der Waals surface area contributed by atoms with Gasteiger partial charge in [-0.05, 0) is 12.5 Å². The molecule has 19 heavy (non-hydrogen) atoms. The van der Waals surface area contributed by atoms with Gasteiger partial charge < -0.3 is 15.4 Å². The third kappa shape index (κ3) is 5.59. The van der Waals surface area contributed by atoms with E-state index in [4.69, 9.17) is 10.5 Å². The molecule has 1 amide bonds. The highest BCUT2D eigenvalue weighted by Crippen LogP contribution is 2.15. The molecule has 0 bridgehead atoms. The third-order valence-corrected chi connectivity index (χ3v) is 3.08. The number of nitrogens with two attached hydrogens (primary N) is 1. The summed E-state index contributed by atoms with van der Waals surface area (Å²) in [5.41, 5.74) is 7.01. The standard InChI is InChI=1S/C14H22N2O2.ClH/c1-11(10-18-3)16(2)14(17)9-13(15)12-7-5-4-6-8-12;/h4-8,11,13H,9-10,15H2,1-3H3;1H. The highest BCUT2D eigenvalue weighted by Gasteiger charge is 2.18. The van der Waals surface area contributed by atoms with Crippen LogP contribution in [0.1, 0.15) is 24.9 Å². The molecule has 1 aromatic carbocycles. The van der Waals surface area contributed by atoms with Crippen molar-refractivity contribution in [2.45, 2.75) is 25.4 Å². The maximum absolute atomic E-state index is 12.0. The number of nitrogens with zero attached hydrogens (tertiary/aromatic N) is 1. The van der Waals surface area contributed by atoms with Crippen LogP contribution in [-0.4, -0.2) is 37.6 Å². The molecule has 0 aromatic heterocycles. The van der Waals surface area contributed by atoms with Gasteiger partial charge in [0.15, 0.2) is 0 Å². The van der Waals surface area contributed by atoms with Gasteiger partial charge in [-0.3, -0.25) is 4.79 Å². The first-order valence-corrected chi connectivity index (χ1v) is 6.11. The number of hydrogen-bond donors (Lipinski definition) is 1. The second-order valence-corrected chi connectivity index (χ2v) is 4.53. The molecule has 108 valence electrons. The molecule has 0 aliphatic rings. The Morgan fingerprint density at radius 3 is 2.47 bits per heavy atom. The average Bonchev–Trinajstić information content (AvgIpc) is 2.39. The summed E-state index contributed by atoms with van der Waals surface area (Å²) in [4.78, 5) is 13.7. The number of likely N-dealkylation sites (N-methyl/N-ethyl adjacent to an activating group) is 1. The van der Waals surface area contributed by atoms with Crippen molar-refractivity contribution in [2.24, 2.45) is 5.73 Å². The lowest BCUT2D eigenvalue weighted by Gasteiger charge is -2.25. The van der Waals surface area contributed by atoms with Crippen LogP contribution in [0.4, 0.5) is 0 Å². The summed E-state index contributed by atoms with van der Waals surface area (Å²) < 4.78 is 5.04. The summed E-state index contributed by atoms with van der Waals surface area (Å²) in [7, 11) is 3.41. The van der Waals surface area contributed by atoms with Crippen molar-refractivity contribution in [1.82, 2.24) is 4.90 Å². The van der Waals surface area contributed by atoms with E-state index in [0.29, 0.717) is 13.0 Å². The highest BCUT2D eigenvalue weighted by molar-refractivity contribution is 5.85. The van der Waals surface area contributed by atoms with Crippen LogP contribution in [0.15, 0.2) is 30.3 Å². The Hall–Kier alpha value is -1.10. The second kappa shape index (κ2) is 8.91. The quantitative estimate of drug-likeness (QED) is 0.870. The summed E-state index contributed by atoms with van der Waals surface area (Å²) in [6.45, 7) is 2.48. The predicted octanol–water partition coefficient (Wildman–Crippen LogP) is 1.99. The fraction of sp³-hybridized carbons (Fsp3) is 0.500. The van der Waals surface area contributed by atoms with Gasteiger partial charge in [-0.1, -0.05) is 30.3 Å². The molecule has 1 aromatic rings. The predicted molar refractivity (Wildman–Crippen MR) is 79.3 cm³/mol. The highest BCUT2D eigenvalue weighted by atomic mass is 35.5. The van der Waals surface area contributed by atoms with Crippen molar-refractivity contribution in [1.29, 1.82) is 0 Å². The summed E-state index contributed by atoms with van der Waals surface area (Å²) in [6, 6.07) is 9.48. The van der Waals surface area contributed by atoms with Gasteiger partial charge in [0.1, 0.15) is 0 Å². The molecule has 0 saturated carbocycles. The summed E-state index contributed by atoms with van der Waals surface area (Å²) in [6.07, 6.45) is 0.314. The van der Waals surface area contributed by atoms with Crippen molar-refractivity contribution in [3.05, 3.63) is 35.9 Å². The Labute approximate surface area is 121 Å². The molecule has 2 atom stereocenters. The molecule has 0 aliphatic heterocycles. The molecule has 4 nitrogen and oxygen atoms in total. The minimum Gasteiger partial charge on any atom is -0.383 e. The van der Waals surface area contributed by atoms with Gasteiger partial charge in [-0.25, -0.2) is 0 Å². The van der Waals surface area contributed by atoms with Crippen molar-refractivity contribution in [2.75, 3.05) is 20.8 Å². The van der Waals surface area contributed by atoms with E-state index in [2.05, 4.69) is 0 Å². The normalized spacial score (nSPS) is 13.3. The van der Waals surface area contributed by atoms with E-state index >= 15 is 0 Å². The number of carbonyl (C=O) groups is 1. The fourth-order valence-electron chi connectivity index (χ4n) is 1.75. The number of methoxy groups -OCH3 is 1. The SMILES string of the molecule is COCC(C)N(C)C(=O)CC(N)c1ccccc1.Cl. The van der Waals surface area contributed by atoms with E-state index < -0.39 is 0 Å². The van der Waals surface area contributed by atoms with E-state index in [-0.39, 0.29) is 30.4 Å². The van der Waals surface area contributed by atoms with Gasteiger partial charge >= 0.3 is 0 Å². The van der Waals surface area contributed by atoms with E-state index in [1.54, 1.807) is 19.1 Å². The number of halogens is 1. The summed E-state index contributed by atoms with van der Waals surface area (Å²) in [5.74, 6) is 0.0379. The first kappa shape index (κ1) is 17.9. The topological polar surface area (TPSA) is 55.6 Å². The molecule has 0 aliphatic carbocycles. The van der Waals surface area contributed by atoms with Gasteiger partial charge in [0.05, 0.1) is 12.6 Å². The van der Waals surface area contributed by atoms with Gasteiger partial charge in [-0.2, -0.15) is 0 Å². The first-order valence-electron chi connectivity index (χ1n) is 6.11. The zero-order valence-corrected chi connectivity index (χ0v) is 12.5. The lowest BCUT2D eigenvalue weighted by Crippen LogP contribution is -2.39. The summed E-state index contributed by atoms with van der Waals surface area (Å²) in [5, 5.41) is 0. The van der Waals surface area contributed by atoms with E-state index in [9.17, 15) is 4.79 Å². The molecule has 2 unspecified atom stereocenters. The zero-order valence-electron chi connectivity index (χ0n) is 11.7. The zero-order chi connectivity index (χ0) is 13.5. The molecular weight excluding hydrogens is 264 g/mol. The van der Waals surface area contributed by atoms with Crippen LogP contribution in [0.3, 0.4) is 0 Å². The minimum atomic E-state index is -0.254. The molecule has 0 spiro atoms. The molecule has 1 rings (SSSR count). The lowest BCUT2D eigenvalue weighted by atomic mass is 10.0. The maximum atomic E-state index is 12.0. The second-order valence-electron chi connectivity index (χ2n) is 4.53. The van der Waals surface area contributed by atoms with Crippen LogP contribution >= 0.6 is 12.4 Å². The lowest BCUT2D eigenvalue weighted by molar-refractivity contribution is -0.133. The van der Waals surface area contributed by atoms with Crippen LogP contribution in [0.25, 0.3) is 0 Å². The van der Waals surface area contributed by atoms with E-state index in [1.165, 1.54) is 0 Å². The van der Waals surface area contributed by atoms with Gasteiger partial charge in [-0.15, -0.1) is 12.4 Å². The van der Waals surface area contributed by atoms with Crippen LogP contribution < -0.4 is 5.73 Å². The van der Waals surface area contributed by atoms with Gasteiger partial charge in [0.25, 0.3) is 0 Å². The van der Waals surface area contributed by atoms with Gasteiger partial charge in [0, 0.05) is 26.6 Å². The van der Waals surface area contributed by atoms with Crippen molar-refractivity contribution in [3.8, 4) is 0 Å². The first-order chi connectivity index (χ1) is 8.56. The number of ether oxygens (including phenoxy) is 1. The molecule has 0 heterocycles. The van der Waals surface area contributed by atoms with Crippen LogP contribution in [0.2, 0.25) is 0 Å². The Bertz CT molecular complexity index is 373. The number of benzene rings is 1. The molecule has 2 N–H and O–H groups in total. The number of amides is 1. The van der Waals surface area contributed by atoms with Crippen molar-refractivity contribution < 1.29 is 9.53 Å². The molecule has 0 fully saturated rings. The minimum absolute atomic E-state index is 0. The fourth-order valence-corrected chi connectivity index (χ4v) is 1.75. The Balaban J connectivity index is 0.00000324. The average molecular weight is 287 g/mol. The van der Waals surface area contributed by atoms with Crippen molar-refractivity contribution in [3.63, 3.8) is 0 Å².